The van der Waals surface area contributed by atoms with Crippen molar-refractivity contribution < 1.29 is 4.74 Å². The van der Waals surface area contributed by atoms with Crippen molar-refractivity contribution in [1.29, 1.82) is 0 Å². The highest BCUT2D eigenvalue weighted by Gasteiger charge is 2.22. The van der Waals surface area contributed by atoms with E-state index >= 15 is 0 Å². The number of thiophene rings is 1. The monoisotopic (exact) mass is 377 g/mol. The first-order valence-corrected chi connectivity index (χ1v) is 9.85. The number of rotatable bonds is 5. The summed E-state index contributed by atoms with van der Waals surface area (Å²) in [7, 11) is 1.84. The third-order valence-electron chi connectivity index (χ3n) is 4.28. The van der Waals surface area contributed by atoms with Crippen molar-refractivity contribution in [2.24, 2.45) is 4.99 Å². The Kier molecular flexibility index (Phi) is 6.59. The lowest BCUT2D eigenvalue weighted by Crippen LogP contribution is -2.47. The molecule has 2 heterocycles. The van der Waals surface area contributed by atoms with Crippen molar-refractivity contribution in [2.45, 2.75) is 25.4 Å². The van der Waals surface area contributed by atoms with Gasteiger partial charge in [-0.05, 0) is 30.7 Å². The number of likely N-dealkylation sites (tertiary alicyclic amines) is 1. The van der Waals surface area contributed by atoms with E-state index in [2.05, 4.69) is 21.3 Å². The molecule has 6 heteroatoms. The number of hydrogen-bond acceptors (Lipinski definition) is 3. The van der Waals surface area contributed by atoms with Gasteiger partial charge >= 0.3 is 0 Å². The fourth-order valence-electron chi connectivity index (χ4n) is 2.99. The molecule has 1 aromatic heterocycles. The Balaban J connectivity index is 1.42. The van der Waals surface area contributed by atoms with Crippen LogP contribution in [0.1, 0.15) is 17.7 Å². The molecular formula is C19H24ClN3OS. The van der Waals surface area contributed by atoms with Crippen LogP contribution in [0.15, 0.2) is 47.5 Å². The van der Waals surface area contributed by atoms with E-state index in [0.717, 1.165) is 54.9 Å². The Morgan fingerprint density at radius 3 is 2.64 bits per heavy atom. The first-order chi connectivity index (χ1) is 12.2. The first-order valence-electron chi connectivity index (χ1n) is 8.66. The van der Waals surface area contributed by atoms with E-state index < -0.39 is 0 Å². The fraction of sp³-hybridized carbons (Fsp3) is 0.421. The number of benzene rings is 1. The smallest absolute Gasteiger partial charge is 0.193 e. The lowest BCUT2D eigenvalue weighted by molar-refractivity contribution is 0.129. The van der Waals surface area contributed by atoms with Crippen molar-refractivity contribution in [3.8, 4) is 5.75 Å². The molecule has 3 rings (SSSR count). The summed E-state index contributed by atoms with van der Waals surface area (Å²) < 4.78 is 6.91. The number of nitrogens with zero attached hydrogens (tertiary/aromatic N) is 2. The first kappa shape index (κ1) is 18.1. The summed E-state index contributed by atoms with van der Waals surface area (Å²) >= 11 is 7.62. The van der Waals surface area contributed by atoms with Crippen molar-refractivity contribution >= 4 is 28.9 Å². The average molecular weight is 378 g/mol. The molecule has 134 valence electrons. The normalized spacial score (nSPS) is 16.1. The van der Waals surface area contributed by atoms with E-state index in [1.54, 1.807) is 11.3 Å². The third-order valence-corrected chi connectivity index (χ3v) is 5.57. The summed E-state index contributed by atoms with van der Waals surface area (Å²) in [5, 5.41) is 3.46. The van der Waals surface area contributed by atoms with Crippen LogP contribution in [0.5, 0.6) is 5.75 Å². The molecule has 1 aliphatic heterocycles. The number of nitrogens with one attached hydrogen (secondary N) is 1. The minimum Gasteiger partial charge on any atom is -0.490 e. The molecule has 1 aromatic carbocycles. The number of ether oxygens (including phenoxy) is 1. The molecular weight excluding hydrogens is 354 g/mol. The van der Waals surface area contributed by atoms with E-state index in [1.165, 1.54) is 4.88 Å². The summed E-state index contributed by atoms with van der Waals surface area (Å²) in [5.41, 5.74) is 0. The zero-order valence-electron chi connectivity index (χ0n) is 14.5. The summed E-state index contributed by atoms with van der Waals surface area (Å²) in [6.45, 7) is 2.79. The Morgan fingerprint density at radius 2 is 2.00 bits per heavy atom. The van der Waals surface area contributed by atoms with Crippen LogP contribution in [0, 0.1) is 0 Å². The number of halogens is 1. The summed E-state index contributed by atoms with van der Waals surface area (Å²) in [4.78, 5) is 8.03. The lowest BCUT2D eigenvalue weighted by Gasteiger charge is -2.34. The third kappa shape index (κ3) is 5.38. The van der Waals surface area contributed by atoms with E-state index in [-0.39, 0.29) is 6.10 Å². The van der Waals surface area contributed by atoms with Crippen molar-refractivity contribution in [3.63, 3.8) is 0 Å². The fourth-order valence-corrected chi connectivity index (χ4v) is 4.08. The highest BCUT2D eigenvalue weighted by molar-refractivity contribution is 7.16. The number of aliphatic imine (C=N–C) groups is 1. The van der Waals surface area contributed by atoms with Crippen molar-refractivity contribution in [3.05, 3.63) is 51.7 Å². The molecule has 1 fully saturated rings. The van der Waals surface area contributed by atoms with Crippen LogP contribution in [0.25, 0.3) is 0 Å². The van der Waals surface area contributed by atoms with Gasteiger partial charge in [-0.2, -0.15) is 0 Å². The number of para-hydroxylation sites is 1. The standard InChI is InChI=1S/C19H24ClN3OS/c1-21-19(22-12-9-17-7-8-18(20)25-17)23-13-10-16(11-14-23)24-15-5-3-2-4-6-15/h2-8,16H,9-14H2,1H3,(H,21,22). The van der Waals surface area contributed by atoms with Crippen LogP contribution in [0.4, 0.5) is 0 Å². The second kappa shape index (κ2) is 9.11. The number of hydrogen-bond donors (Lipinski definition) is 1. The zero-order chi connectivity index (χ0) is 17.5. The molecule has 0 radical (unpaired) electrons. The largest absolute Gasteiger partial charge is 0.490 e. The molecule has 1 saturated heterocycles. The molecule has 0 unspecified atom stereocenters. The van der Waals surface area contributed by atoms with E-state index in [9.17, 15) is 0 Å². The van der Waals surface area contributed by atoms with Gasteiger partial charge in [-0.25, -0.2) is 0 Å². The topological polar surface area (TPSA) is 36.9 Å². The second-order valence-corrected chi connectivity index (χ2v) is 7.85. The van der Waals surface area contributed by atoms with Gasteiger partial charge in [0.05, 0.1) is 4.34 Å². The van der Waals surface area contributed by atoms with Gasteiger partial charge in [0.1, 0.15) is 11.9 Å². The maximum Gasteiger partial charge on any atom is 0.193 e. The van der Waals surface area contributed by atoms with Gasteiger partial charge in [-0.1, -0.05) is 29.8 Å². The van der Waals surface area contributed by atoms with Gasteiger partial charge in [0.15, 0.2) is 5.96 Å². The van der Waals surface area contributed by atoms with Crippen LogP contribution < -0.4 is 10.1 Å². The van der Waals surface area contributed by atoms with Crippen molar-refractivity contribution in [1.82, 2.24) is 10.2 Å². The van der Waals surface area contributed by atoms with Gasteiger partial charge in [0.2, 0.25) is 0 Å². The van der Waals surface area contributed by atoms with Gasteiger partial charge in [0.25, 0.3) is 0 Å². The van der Waals surface area contributed by atoms with Crippen LogP contribution in [0.2, 0.25) is 4.34 Å². The highest BCUT2D eigenvalue weighted by atomic mass is 35.5. The van der Waals surface area contributed by atoms with Gasteiger partial charge in [0, 0.05) is 44.4 Å². The molecule has 4 nitrogen and oxygen atoms in total. The minimum atomic E-state index is 0.282. The Morgan fingerprint density at radius 1 is 1.24 bits per heavy atom. The molecule has 1 aliphatic rings. The molecule has 0 atom stereocenters. The predicted molar refractivity (Wildman–Crippen MR) is 106 cm³/mol. The van der Waals surface area contributed by atoms with Crippen molar-refractivity contribution in [2.75, 3.05) is 26.7 Å². The molecule has 0 amide bonds. The summed E-state index contributed by atoms with van der Waals surface area (Å²) in [5.74, 6) is 1.93. The van der Waals surface area contributed by atoms with Crippen LogP contribution in [-0.2, 0) is 6.42 Å². The Labute approximate surface area is 158 Å². The second-order valence-electron chi connectivity index (χ2n) is 6.05. The quantitative estimate of drug-likeness (QED) is 0.630. The van der Waals surface area contributed by atoms with Gasteiger partial charge < -0.3 is 15.0 Å². The van der Waals surface area contributed by atoms with Gasteiger partial charge in [-0.3, -0.25) is 4.99 Å². The lowest BCUT2D eigenvalue weighted by atomic mass is 10.1. The van der Waals surface area contributed by atoms with Gasteiger partial charge in [-0.15, -0.1) is 11.3 Å². The Bertz CT molecular complexity index is 681. The van der Waals surface area contributed by atoms with Crippen LogP contribution in [0.3, 0.4) is 0 Å². The molecule has 0 spiro atoms. The van der Waals surface area contributed by atoms with Crippen LogP contribution >= 0.6 is 22.9 Å². The molecule has 0 aliphatic carbocycles. The van der Waals surface area contributed by atoms with Crippen LogP contribution in [-0.4, -0.2) is 43.6 Å². The van der Waals surface area contributed by atoms with E-state index in [1.807, 2.05) is 43.4 Å². The predicted octanol–water partition coefficient (Wildman–Crippen LogP) is 4.06. The Hall–Kier alpha value is -1.72. The number of guanidine groups is 1. The highest BCUT2D eigenvalue weighted by Crippen LogP contribution is 2.21. The summed E-state index contributed by atoms with van der Waals surface area (Å²) in [6.07, 6.45) is 3.26. The van der Waals surface area contributed by atoms with E-state index in [0.29, 0.717) is 0 Å². The molecule has 1 N–H and O–H groups in total. The van der Waals surface area contributed by atoms with E-state index in [4.69, 9.17) is 16.3 Å². The average Bonchev–Trinajstić information content (AvgIpc) is 3.06. The maximum atomic E-state index is 6.06. The SMILES string of the molecule is CN=C(NCCc1ccc(Cl)s1)N1CCC(Oc2ccccc2)CC1. The summed E-state index contributed by atoms with van der Waals surface area (Å²) in [6, 6.07) is 14.1. The molecule has 2 aromatic rings. The zero-order valence-corrected chi connectivity index (χ0v) is 16.0. The maximum absolute atomic E-state index is 6.06. The molecule has 25 heavy (non-hydrogen) atoms. The minimum absolute atomic E-state index is 0.282. The number of piperidine rings is 1. The molecule has 0 saturated carbocycles. The molecule has 0 bridgehead atoms.